The fourth-order valence-electron chi connectivity index (χ4n) is 2.45. The van der Waals surface area contributed by atoms with E-state index in [1.165, 1.54) is 25.8 Å². The van der Waals surface area contributed by atoms with Gasteiger partial charge in [-0.1, -0.05) is 0 Å². The molecule has 2 fully saturated rings. The normalized spacial score (nSPS) is 37.1. The Balaban J connectivity index is 2.01. The molecule has 2 N–H and O–H groups in total. The molecule has 0 radical (unpaired) electrons. The molecular weight excluding hydrogens is 174 g/mol. The molecule has 1 saturated heterocycles. The predicted molar refractivity (Wildman–Crippen MR) is 59.3 cm³/mol. The van der Waals surface area contributed by atoms with E-state index in [0.717, 1.165) is 19.1 Å². The third-order valence-electron chi connectivity index (χ3n) is 3.81. The van der Waals surface area contributed by atoms with Crippen LogP contribution >= 0.6 is 0 Å². The van der Waals surface area contributed by atoms with Crippen LogP contribution < -0.4 is 5.73 Å². The summed E-state index contributed by atoms with van der Waals surface area (Å²) in [5.74, 6) is 0. The lowest BCUT2D eigenvalue weighted by atomic mass is 10.2. The SMILES string of the molecule is CC1CCN(C2CC2)C(CN)CN1C. The van der Waals surface area contributed by atoms with E-state index in [4.69, 9.17) is 5.73 Å². The summed E-state index contributed by atoms with van der Waals surface area (Å²) in [5, 5.41) is 0. The average molecular weight is 197 g/mol. The number of likely N-dealkylation sites (N-methyl/N-ethyl adjacent to an activating group) is 1. The van der Waals surface area contributed by atoms with Crippen LogP contribution in [0, 0.1) is 0 Å². The molecule has 0 spiro atoms. The summed E-state index contributed by atoms with van der Waals surface area (Å²) >= 11 is 0. The fraction of sp³-hybridized carbons (Fsp3) is 1.00. The molecule has 2 unspecified atom stereocenters. The molecule has 0 bridgehead atoms. The molecule has 1 aliphatic heterocycles. The van der Waals surface area contributed by atoms with Crippen molar-refractivity contribution in [2.45, 2.75) is 44.3 Å². The lowest BCUT2D eigenvalue weighted by Crippen LogP contribution is -2.46. The second kappa shape index (κ2) is 4.17. The van der Waals surface area contributed by atoms with Crippen molar-refractivity contribution in [2.75, 3.05) is 26.7 Å². The third kappa shape index (κ3) is 2.10. The van der Waals surface area contributed by atoms with Crippen molar-refractivity contribution in [3.05, 3.63) is 0 Å². The van der Waals surface area contributed by atoms with E-state index in [1.54, 1.807) is 0 Å². The van der Waals surface area contributed by atoms with Gasteiger partial charge < -0.3 is 10.6 Å². The molecule has 2 aliphatic rings. The number of hydrogen-bond donors (Lipinski definition) is 1. The summed E-state index contributed by atoms with van der Waals surface area (Å²) in [4.78, 5) is 5.11. The van der Waals surface area contributed by atoms with Crippen LogP contribution in [0.3, 0.4) is 0 Å². The molecule has 3 nitrogen and oxygen atoms in total. The molecule has 0 aromatic rings. The average Bonchev–Trinajstić information content (AvgIpc) is 2.97. The van der Waals surface area contributed by atoms with Crippen molar-refractivity contribution in [1.82, 2.24) is 9.80 Å². The van der Waals surface area contributed by atoms with Crippen LogP contribution in [0.2, 0.25) is 0 Å². The molecule has 0 aromatic heterocycles. The first-order chi connectivity index (χ1) is 6.72. The first-order valence-electron chi connectivity index (χ1n) is 5.88. The quantitative estimate of drug-likeness (QED) is 0.700. The van der Waals surface area contributed by atoms with Gasteiger partial charge in [-0.15, -0.1) is 0 Å². The second-order valence-corrected chi connectivity index (χ2v) is 4.94. The first kappa shape index (κ1) is 10.4. The molecule has 1 saturated carbocycles. The molecule has 14 heavy (non-hydrogen) atoms. The predicted octanol–water partition coefficient (Wildman–Crippen LogP) is 0.502. The maximum atomic E-state index is 5.87. The van der Waals surface area contributed by atoms with Gasteiger partial charge in [0, 0.05) is 37.8 Å². The largest absolute Gasteiger partial charge is 0.329 e. The van der Waals surface area contributed by atoms with Gasteiger partial charge in [0.1, 0.15) is 0 Å². The lowest BCUT2D eigenvalue weighted by molar-refractivity contribution is 0.179. The minimum Gasteiger partial charge on any atom is -0.329 e. The van der Waals surface area contributed by atoms with Crippen molar-refractivity contribution in [3.8, 4) is 0 Å². The molecule has 1 aliphatic carbocycles. The van der Waals surface area contributed by atoms with Crippen LogP contribution in [0.15, 0.2) is 0 Å². The summed E-state index contributed by atoms with van der Waals surface area (Å²) in [6, 6.07) is 2.17. The molecule has 82 valence electrons. The maximum Gasteiger partial charge on any atom is 0.0348 e. The van der Waals surface area contributed by atoms with Gasteiger partial charge in [0.25, 0.3) is 0 Å². The highest BCUT2D eigenvalue weighted by Gasteiger charge is 2.35. The van der Waals surface area contributed by atoms with Gasteiger partial charge in [0.15, 0.2) is 0 Å². The number of nitrogens with two attached hydrogens (primary N) is 1. The molecule has 0 amide bonds. The van der Waals surface area contributed by atoms with E-state index in [0.29, 0.717) is 12.1 Å². The highest BCUT2D eigenvalue weighted by atomic mass is 15.3. The van der Waals surface area contributed by atoms with Gasteiger partial charge in [-0.05, 0) is 33.2 Å². The van der Waals surface area contributed by atoms with Crippen LogP contribution in [-0.2, 0) is 0 Å². The second-order valence-electron chi connectivity index (χ2n) is 4.94. The summed E-state index contributed by atoms with van der Waals surface area (Å²) in [5.41, 5.74) is 5.87. The Bertz CT molecular complexity index is 191. The lowest BCUT2D eigenvalue weighted by Gasteiger charge is -2.30. The molecular formula is C11H23N3. The summed E-state index contributed by atoms with van der Waals surface area (Å²) in [7, 11) is 2.23. The topological polar surface area (TPSA) is 32.5 Å². The summed E-state index contributed by atoms with van der Waals surface area (Å²) in [6.45, 7) is 5.53. The number of hydrogen-bond acceptors (Lipinski definition) is 3. The molecule has 1 heterocycles. The highest BCUT2D eigenvalue weighted by Crippen LogP contribution is 2.30. The Morgan fingerprint density at radius 2 is 2.00 bits per heavy atom. The fourth-order valence-corrected chi connectivity index (χ4v) is 2.45. The highest BCUT2D eigenvalue weighted by molar-refractivity contribution is 4.92. The van der Waals surface area contributed by atoms with E-state index in [2.05, 4.69) is 23.8 Å². The Kier molecular flexibility index (Phi) is 3.10. The maximum absolute atomic E-state index is 5.87. The number of nitrogens with zero attached hydrogens (tertiary/aromatic N) is 2. The van der Waals surface area contributed by atoms with E-state index >= 15 is 0 Å². The summed E-state index contributed by atoms with van der Waals surface area (Å²) in [6.07, 6.45) is 4.09. The standard InChI is InChI=1S/C11H23N3/c1-9-5-6-14(10-3-4-10)11(7-12)8-13(9)2/h9-11H,3-8,12H2,1-2H3. The zero-order chi connectivity index (χ0) is 10.1. The van der Waals surface area contributed by atoms with Crippen molar-refractivity contribution in [1.29, 1.82) is 0 Å². The van der Waals surface area contributed by atoms with Crippen LogP contribution in [-0.4, -0.2) is 54.6 Å². The van der Waals surface area contributed by atoms with E-state index in [1.807, 2.05) is 0 Å². The Hall–Kier alpha value is -0.120. The smallest absolute Gasteiger partial charge is 0.0348 e. The van der Waals surface area contributed by atoms with Crippen LogP contribution in [0.25, 0.3) is 0 Å². The summed E-state index contributed by atoms with van der Waals surface area (Å²) < 4.78 is 0. The van der Waals surface area contributed by atoms with Crippen LogP contribution in [0.5, 0.6) is 0 Å². The van der Waals surface area contributed by atoms with Gasteiger partial charge >= 0.3 is 0 Å². The Labute approximate surface area is 87.2 Å². The minimum absolute atomic E-state index is 0.595. The zero-order valence-electron chi connectivity index (χ0n) is 9.45. The first-order valence-corrected chi connectivity index (χ1v) is 5.88. The van der Waals surface area contributed by atoms with E-state index in [9.17, 15) is 0 Å². The van der Waals surface area contributed by atoms with E-state index in [-0.39, 0.29) is 0 Å². The van der Waals surface area contributed by atoms with Crippen molar-refractivity contribution >= 4 is 0 Å². The Morgan fingerprint density at radius 3 is 2.57 bits per heavy atom. The number of rotatable bonds is 2. The van der Waals surface area contributed by atoms with Gasteiger partial charge in [-0.25, -0.2) is 0 Å². The molecule has 2 rings (SSSR count). The monoisotopic (exact) mass is 197 g/mol. The third-order valence-corrected chi connectivity index (χ3v) is 3.81. The van der Waals surface area contributed by atoms with Crippen LogP contribution in [0.4, 0.5) is 0 Å². The van der Waals surface area contributed by atoms with Crippen molar-refractivity contribution in [3.63, 3.8) is 0 Å². The van der Waals surface area contributed by atoms with Crippen LogP contribution in [0.1, 0.15) is 26.2 Å². The van der Waals surface area contributed by atoms with E-state index < -0.39 is 0 Å². The minimum atomic E-state index is 0.595. The van der Waals surface area contributed by atoms with Gasteiger partial charge in [0.05, 0.1) is 0 Å². The van der Waals surface area contributed by atoms with Crippen molar-refractivity contribution in [2.24, 2.45) is 5.73 Å². The van der Waals surface area contributed by atoms with Crippen molar-refractivity contribution < 1.29 is 0 Å². The molecule has 2 atom stereocenters. The van der Waals surface area contributed by atoms with Gasteiger partial charge in [-0.3, -0.25) is 4.90 Å². The Morgan fingerprint density at radius 1 is 1.29 bits per heavy atom. The molecule has 0 aromatic carbocycles. The zero-order valence-corrected chi connectivity index (χ0v) is 9.45. The van der Waals surface area contributed by atoms with Gasteiger partial charge in [0.2, 0.25) is 0 Å². The van der Waals surface area contributed by atoms with Gasteiger partial charge in [-0.2, -0.15) is 0 Å². The molecule has 3 heteroatoms.